The van der Waals surface area contributed by atoms with Gasteiger partial charge in [-0.25, -0.2) is 4.98 Å². The van der Waals surface area contributed by atoms with E-state index in [4.69, 9.17) is 16.6 Å². The van der Waals surface area contributed by atoms with Crippen LogP contribution in [0.25, 0.3) is 32.9 Å². The molecule has 0 atom stereocenters. The van der Waals surface area contributed by atoms with E-state index >= 15 is 0 Å². The van der Waals surface area contributed by atoms with Crippen LogP contribution in [0.3, 0.4) is 0 Å². The molecule has 2 nitrogen and oxygen atoms in total. The Morgan fingerprint density at radius 2 is 1.69 bits per heavy atom. The number of fused-ring (bicyclic) bond motifs is 4. The van der Waals surface area contributed by atoms with E-state index in [1.807, 2.05) is 6.08 Å². The Labute approximate surface area is 157 Å². The Kier molecular flexibility index (Phi) is 3.47. The minimum Gasteiger partial charge on any atom is -0.343 e. The van der Waals surface area contributed by atoms with Crippen LogP contribution < -0.4 is 4.90 Å². The lowest BCUT2D eigenvalue weighted by molar-refractivity contribution is 1.20. The highest BCUT2D eigenvalue weighted by Gasteiger charge is 2.24. The summed E-state index contributed by atoms with van der Waals surface area (Å²) in [5, 5.41) is 3.67. The van der Waals surface area contributed by atoms with Crippen molar-refractivity contribution in [1.82, 2.24) is 4.98 Å². The van der Waals surface area contributed by atoms with Gasteiger partial charge in [-0.1, -0.05) is 66.2 Å². The van der Waals surface area contributed by atoms with Gasteiger partial charge in [0.2, 0.25) is 0 Å². The molecule has 3 aromatic carbocycles. The van der Waals surface area contributed by atoms with E-state index in [1.165, 1.54) is 38.7 Å². The number of rotatable bonds is 2. The quantitative estimate of drug-likeness (QED) is 0.384. The standard InChI is InChI=1S/C23H17ClN2/c1-26-19-12-3-2-9-18(19)23-21-16(10-5-13-20(21)26)17-11-4-7-15(8-6-14-24)22(17)25-23/h2-7,9-14H,8H2,1H3. The number of aromatic nitrogens is 1. The van der Waals surface area contributed by atoms with E-state index in [2.05, 4.69) is 72.6 Å². The van der Waals surface area contributed by atoms with Gasteiger partial charge in [0.25, 0.3) is 0 Å². The van der Waals surface area contributed by atoms with E-state index in [-0.39, 0.29) is 0 Å². The molecule has 0 radical (unpaired) electrons. The van der Waals surface area contributed by atoms with Crippen molar-refractivity contribution in [3.8, 4) is 11.3 Å². The van der Waals surface area contributed by atoms with Gasteiger partial charge in [-0.15, -0.1) is 0 Å². The van der Waals surface area contributed by atoms with Crippen LogP contribution >= 0.6 is 11.6 Å². The van der Waals surface area contributed by atoms with Crippen LogP contribution in [0.5, 0.6) is 0 Å². The maximum atomic E-state index is 5.76. The maximum Gasteiger partial charge on any atom is 0.0830 e. The van der Waals surface area contributed by atoms with E-state index in [1.54, 1.807) is 5.54 Å². The molecule has 0 fully saturated rings. The zero-order valence-electron chi connectivity index (χ0n) is 14.4. The predicted octanol–water partition coefficient (Wildman–Crippen LogP) is 6.43. The molecule has 5 rings (SSSR count). The van der Waals surface area contributed by atoms with Crippen LogP contribution in [0.1, 0.15) is 5.56 Å². The number of hydrogen-bond acceptors (Lipinski definition) is 2. The smallest absolute Gasteiger partial charge is 0.0830 e. The van der Waals surface area contributed by atoms with Gasteiger partial charge in [-0.3, -0.25) is 0 Å². The zero-order chi connectivity index (χ0) is 17.7. The highest BCUT2D eigenvalue weighted by atomic mass is 35.5. The third-order valence-corrected chi connectivity index (χ3v) is 5.40. The lowest BCUT2D eigenvalue weighted by Crippen LogP contribution is -2.15. The first-order chi connectivity index (χ1) is 12.8. The summed E-state index contributed by atoms with van der Waals surface area (Å²) in [6, 6.07) is 21.4. The van der Waals surface area contributed by atoms with Gasteiger partial charge < -0.3 is 4.90 Å². The molecule has 0 spiro atoms. The number of pyridine rings is 1. The number of nitrogens with zero attached hydrogens (tertiary/aromatic N) is 2. The Morgan fingerprint density at radius 1 is 0.923 bits per heavy atom. The van der Waals surface area contributed by atoms with Crippen LogP contribution in [0.4, 0.5) is 11.4 Å². The maximum absolute atomic E-state index is 5.76. The topological polar surface area (TPSA) is 16.1 Å². The number of halogens is 1. The van der Waals surface area contributed by atoms with Crippen LogP contribution in [0.2, 0.25) is 0 Å². The van der Waals surface area contributed by atoms with Gasteiger partial charge in [-0.05, 0) is 29.5 Å². The van der Waals surface area contributed by atoms with Crippen molar-refractivity contribution in [2.24, 2.45) is 0 Å². The molecule has 0 unspecified atom stereocenters. The van der Waals surface area contributed by atoms with Crippen molar-refractivity contribution in [3.63, 3.8) is 0 Å². The first-order valence-corrected chi connectivity index (χ1v) is 9.16. The molecule has 0 saturated heterocycles. The normalized spacial score (nSPS) is 12.9. The summed E-state index contributed by atoms with van der Waals surface area (Å²) in [7, 11) is 2.13. The van der Waals surface area contributed by atoms with E-state index in [9.17, 15) is 0 Å². The molecule has 0 amide bonds. The molecule has 0 bridgehead atoms. The molecule has 3 heteroatoms. The lowest BCUT2D eigenvalue weighted by atomic mass is 9.92. The minimum absolute atomic E-state index is 0.778. The number of allylic oxidation sites excluding steroid dienone is 1. The summed E-state index contributed by atoms with van der Waals surface area (Å²) < 4.78 is 0. The van der Waals surface area contributed by atoms with Crippen LogP contribution in [0.15, 0.2) is 72.3 Å². The Morgan fingerprint density at radius 3 is 2.58 bits per heavy atom. The van der Waals surface area contributed by atoms with Crippen molar-refractivity contribution < 1.29 is 0 Å². The van der Waals surface area contributed by atoms with Gasteiger partial charge in [0.1, 0.15) is 0 Å². The molecule has 0 saturated carbocycles. The average molecular weight is 357 g/mol. The molecule has 1 aliphatic heterocycles. The number of benzene rings is 3. The number of anilines is 2. The van der Waals surface area contributed by atoms with Crippen molar-refractivity contribution in [3.05, 3.63) is 77.8 Å². The first kappa shape index (κ1) is 15.4. The Balaban J connectivity index is 1.96. The van der Waals surface area contributed by atoms with Gasteiger partial charge in [-0.2, -0.15) is 0 Å². The molecule has 1 aromatic heterocycles. The van der Waals surface area contributed by atoms with Crippen LogP contribution in [-0.2, 0) is 6.42 Å². The van der Waals surface area contributed by atoms with Gasteiger partial charge >= 0.3 is 0 Å². The van der Waals surface area contributed by atoms with E-state index in [0.717, 1.165) is 17.6 Å². The van der Waals surface area contributed by atoms with Crippen molar-refractivity contribution in [2.75, 3.05) is 11.9 Å². The zero-order valence-corrected chi connectivity index (χ0v) is 15.2. The van der Waals surface area contributed by atoms with Crippen LogP contribution in [-0.4, -0.2) is 12.0 Å². The van der Waals surface area contributed by atoms with Crippen LogP contribution in [0, 0.1) is 0 Å². The first-order valence-electron chi connectivity index (χ1n) is 8.72. The third kappa shape index (κ3) is 2.09. The van der Waals surface area contributed by atoms with Gasteiger partial charge in [0, 0.05) is 28.9 Å². The van der Waals surface area contributed by atoms with E-state index < -0.39 is 0 Å². The second-order valence-electron chi connectivity index (χ2n) is 6.62. The Bertz CT molecular complexity index is 1190. The number of para-hydroxylation sites is 2. The summed E-state index contributed by atoms with van der Waals surface area (Å²) >= 11 is 5.76. The highest BCUT2D eigenvalue weighted by Crippen LogP contribution is 2.47. The second kappa shape index (κ2) is 5.86. The molecule has 126 valence electrons. The molecular weight excluding hydrogens is 340 g/mol. The fraction of sp³-hybridized carbons (Fsp3) is 0.0870. The second-order valence-corrected chi connectivity index (χ2v) is 6.87. The molecular formula is C23H17ClN2. The lowest BCUT2D eigenvalue weighted by Gasteiger charge is -2.30. The summed E-state index contributed by atoms with van der Waals surface area (Å²) in [6.07, 6.45) is 2.74. The minimum atomic E-state index is 0.778. The molecule has 4 aromatic rings. The molecule has 2 heterocycles. The number of hydrogen-bond donors (Lipinski definition) is 0. The monoisotopic (exact) mass is 356 g/mol. The SMILES string of the molecule is CN1c2ccccc2-c2nc3c(CC=CCl)cccc3c3cccc1c23. The van der Waals surface area contributed by atoms with Gasteiger partial charge in [0.15, 0.2) is 0 Å². The summed E-state index contributed by atoms with van der Waals surface area (Å²) in [6.45, 7) is 0. The molecule has 26 heavy (non-hydrogen) atoms. The van der Waals surface area contributed by atoms with Crippen molar-refractivity contribution in [2.45, 2.75) is 6.42 Å². The fourth-order valence-electron chi connectivity index (χ4n) is 4.03. The third-order valence-electron chi connectivity index (χ3n) is 5.22. The van der Waals surface area contributed by atoms with E-state index in [0.29, 0.717) is 0 Å². The molecule has 0 aliphatic carbocycles. The summed E-state index contributed by atoms with van der Waals surface area (Å²) in [5.41, 5.74) is 8.48. The fourth-order valence-corrected chi connectivity index (χ4v) is 4.12. The Hall–Kier alpha value is -2.84. The molecule has 0 N–H and O–H groups in total. The largest absolute Gasteiger partial charge is 0.343 e. The van der Waals surface area contributed by atoms with Crippen molar-refractivity contribution >= 4 is 44.7 Å². The average Bonchev–Trinajstić information content (AvgIpc) is 2.70. The summed E-state index contributed by atoms with van der Waals surface area (Å²) in [4.78, 5) is 7.42. The van der Waals surface area contributed by atoms with Crippen molar-refractivity contribution in [1.29, 1.82) is 0 Å². The van der Waals surface area contributed by atoms with Gasteiger partial charge in [0.05, 0.1) is 22.6 Å². The molecule has 1 aliphatic rings. The predicted molar refractivity (Wildman–Crippen MR) is 111 cm³/mol. The highest BCUT2D eigenvalue weighted by molar-refractivity contribution is 6.25. The summed E-state index contributed by atoms with van der Waals surface area (Å²) in [5.74, 6) is 0.